The topological polar surface area (TPSA) is 29.9 Å². The number of nitrogens with one attached hydrogen (secondary N) is 1. The van der Waals surface area contributed by atoms with Crippen molar-refractivity contribution >= 4 is 27.7 Å². The highest BCUT2D eigenvalue weighted by molar-refractivity contribution is 9.10. The summed E-state index contributed by atoms with van der Waals surface area (Å²) in [4.78, 5) is 1.28. The van der Waals surface area contributed by atoms with Gasteiger partial charge in [0.25, 0.3) is 0 Å². The Morgan fingerprint density at radius 3 is 2.95 bits per heavy atom. The molecule has 5 heteroatoms. The number of hydrogen-bond donors (Lipinski definition) is 1. The summed E-state index contributed by atoms with van der Waals surface area (Å²) in [5, 5.41) is 7.80. The van der Waals surface area contributed by atoms with Crippen molar-refractivity contribution in [1.29, 1.82) is 0 Å². The zero-order valence-electron chi connectivity index (χ0n) is 11.8. The van der Waals surface area contributed by atoms with Gasteiger partial charge in [-0.05, 0) is 37.7 Å². The number of aryl methyl sites for hydroxylation is 1. The van der Waals surface area contributed by atoms with Gasteiger partial charge in [-0.3, -0.25) is 4.68 Å². The second-order valence-electron chi connectivity index (χ2n) is 4.59. The number of hydrogen-bond acceptors (Lipinski definition) is 3. The molecule has 2 rings (SSSR count). The first-order valence-corrected chi connectivity index (χ1v) is 8.59. The number of halogens is 1. The second-order valence-corrected chi connectivity index (χ2v) is 6.60. The van der Waals surface area contributed by atoms with Gasteiger partial charge in [-0.2, -0.15) is 5.10 Å². The zero-order valence-corrected chi connectivity index (χ0v) is 14.2. The maximum Gasteiger partial charge on any atom is 0.0584 e. The zero-order chi connectivity index (χ0) is 14.4. The Morgan fingerprint density at radius 1 is 1.40 bits per heavy atom. The molecule has 1 aromatic carbocycles. The van der Waals surface area contributed by atoms with Crippen LogP contribution in [-0.4, -0.2) is 22.6 Å². The standard InChI is InChI=1S/C15H20BrN3S/c1-3-9-19-15(7-8-18-19)14(17-2)11-20-13-6-4-5-12(16)10-13/h4-8,10,14,17H,3,9,11H2,1-2H3. The lowest BCUT2D eigenvalue weighted by Crippen LogP contribution is -2.22. The average molecular weight is 354 g/mol. The van der Waals surface area contributed by atoms with Crippen LogP contribution in [0.25, 0.3) is 0 Å². The van der Waals surface area contributed by atoms with Crippen LogP contribution in [0.2, 0.25) is 0 Å². The molecule has 0 fully saturated rings. The van der Waals surface area contributed by atoms with E-state index in [4.69, 9.17) is 0 Å². The minimum atomic E-state index is 0.313. The van der Waals surface area contributed by atoms with Crippen LogP contribution in [0.5, 0.6) is 0 Å². The lowest BCUT2D eigenvalue weighted by Gasteiger charge is -2.17. The van der Waals surface area contributed by atoms with Gasteiger partial charge in [0, 0.05) is 27.9 Å². The molecule has 108 valence electrons. The number of rotatable bonds is 7. The van der Waals surface area contributed by atoms with E-state index in [0.29, 0.717) is 6.04 Å². The van der Waals surface area contributed by atoms with Crippen molar-refractivity contribution in [3.05, 3.63) is 46.7 Å². The minimum absolute atomic E-state index is 0.313. The van der Waals surface area contributed by atoms with Gasteiger partial charge in [-0.1, -0.05) is 28.9 Å². The Bertz CT molecular complexity index is 541. The molecular formula is C15H20BrN3S. The van der Waals surface area contributed by atoms with Crippen LogP contribution >= 0.6 is 27.7 Å². The van der Waals surface area contributed by atoms with E-state index >= 15 is 0 Å². The summed E-state index contributed by atoms with van der Waals surface area (Å²) in [5.41, 5.74) is 1.26. The molecule has 0 aliphatic heterocycles. The van der Waals surface area contributed by atoms with Gasteiger partial charge in [-0.25, -0.2) is 0 Å². The van der Waals surface area contributed by atoms with Crippen LogP contribution in [0.1, 0.15) is 25.1 Å². The quantitative estimate of drug-likeness (QED) is 0.759. The van der Waals surface area contributed by atoms with Gasteiger partial charge in [0.15, 0.2) is 0 Å². The SMILES string of the molecule is CCCn1nccc1C(CSc1cccc(Br)c1)NC. The molecule has 2 aromatic rings. The van der Waals surface area contributed by atoms with E-state index in [-0.39, 0.29) is 0 Å². The fourth-order valence-electron chi connectivity index (χ4n) is 2.09. The number of nitrogens with zero attached hydrogens (tertiary/aromatic N) is 2. The first-order chi connectivity index (χ1) is 9.74. The molecule has 0 spiro atoms. The Balaban J connectivity index is 2.03. The van der Waals surface area contributed by atoms with Gasteiger partial charge >= 0.3 is 0 Å². The van der Waals surface area contributed by atoms with Crippen molar-refractivity contribution in [1.82, 2.24) is 15.1 Å². The highest BCUT2D eigenvalue weighted by Gasteiger charge is 2.14. The van der Waals surface area contributed by atoms with E-state index < -0.39 is 0 Å². The van der Waals surface area contributed by atoms with Gasteiger partial charge in [0.05, 0.1) is 11.7 Å². The van der Waals surface area contributed by atoms with E-state index in [1.807, 2.05) is 25.0 Å². The molecular weight excluding hydrogens is 334 g/mol. The smallest absolute Gasteiger partial charge is 0.0584 e. The third-order valence-electron chi connectivity index (χ3n) is 3.10. The monoisotopic (exact) mass is 353 g/mol. The first kappa shape index (κ1) is 15.6. The first-order valence-electron chi connectivity index (χ1n) is 6.82. The molecule has 0 bridgehead atoms. The minimum Gasteiger partial charge on any atom is -0.311 e. The van der Waals surface area contributed by atoms with Crippen LogP contribution < -0.4 is 5.32 Å². The molecule has 1 N–H and O–H groups in total. The molecule has 0 radical (unpaired) electrons. The van der Waals surface area contributed by atoms with Crippen molar-refractivity contribution < 1.29 is 0 Å². The Morgan fingerprint density at radius 2 is 2.25 bits per heavy atom. The Labute approximate surface area is 133 Å². The second kappa shape index (κ2) is 7.86. The predicted octanol–water partition coefficient (Wildman–Crippen LogP) is 4.11. The van der Waals surface area contributed by atoms with Crippen molar-refractivity contribution in [2.75, 3.05) is 12.8 Å². The number of thioether (sulfide) groups is 1. The highest BCUT2D eigenvalue weighted by Crippen LogP contribution is 2.26. The third-order valence-corrected chi connectivity index (χ3v) is 4.68. The van der Waals surface area contributed by atoms with Crippen LogP contribution in [0.15, 0.2) is 45.9 Å². The lowest BCUT2D eigenvalue weighted by molar-refractivity contribution is 0.524. The van der Waals surface area contributed by atoms with Crippen molar-refractivity contribution in [2.24, 2.45) is 0 Å². The van der Waals surface area contributed by atoms with Gasteiger partial charge in [0.2, 0.25) is 0 Å². The summed E-state index contributed by atoms with van der Waals surface area (Å²) in [6.07, 6.45) is 2.99. The van der Waals surface area contributed by atoms with Crippen molar-refractivity contribution in [3.8, 4) is 0 Å². The Hall–Kier alpha value is -0.780. The largest absolute Gasteiger partial charge is 0.311 e. The maximum absolute atomic E-state index is 4.40. The highest BCUT2D eigenvalue weighted by atomic mass is 79.9. The van der Waals surface area contributed by atoms with Crippen LogP contribution in [-0.2, 0) is 6.54 Å². The molecule has 0 aliphatic rings. The Kier molecular flexibility index (Phi) is 6.13. The molecule has 1 atom stereocenters. The molecule has 0 saturated heterocycles. The maximum atomic E-state index is 4.40. The van der Waals surface area contributed by atoms with E-state index in [0.717, 1.165) is 23.2 Å². The predicted molar refractivity (Wildman–Crippen MR) is 89.2 cm³/mol. The molecule has 1 heterocycles. The van der Waals surface area contributed by atoms with Crippen molar-refractivity contribution in [2.45, 2.75) is 30.8 Å². The van der Waals surface area contributed by atoms with E-state index in [1.54, 1.807) is 0 Å². The number of benzene rings is 1. The molecule has 20 heavy (non-hydrogen) atoms. The average Bonchev–Trinajstić information content (AvgIpc) is 2.89. The molecule has 1 unspecified atom stereocenters. The summed E-state index contributed by atoms with van der Waals surface area (Å²) in [7, 11) is 2.01. The van der Waals surface area contributed by atoms with Crippen LogP contribution in [0.4, 0.5) is 0 Å². The van der Waals surface area contributed by atoms with E-state index in [1.165, 1.54) is 10.6 Å². The fourth-order valence-corrected chi connectivity index (χ4v) is 3.72. The molecule has 0 aliphatic carbocycles. The molecule has 0 saturated carbocycles. The third kappa shape index (κ3) is 4.11. The summed E-state index contributed by atoms with van der Waals surface area (Å²) >= 11 is 5.37. The van der Waals surface area contributed by atoms with E-state index in [9.17, 15) is 0 Å². The summed E-state index contributed by atoms with van der Waals surface area (Å²) in [6.45, 7) is 3.15. The van der Waals surface area contributed by atoms with Crippen molar-refractivity contribution in [3.63, 3.8) is 0 Å². The summed E-state index contributed by atoms with van der Waals surface area (Å²) < 4.78 is 3.22. The van der Waals surface area contributed by atoms with Gasteiger partial charge in [0.1, 0.15) is 0 Å². The summed E-state index contributed by atoms with van der Waals surface area (Å²) in [5.74, 6) is 0.988. The fraction of sp³-hybridized carbons (Fsp3) is 0.400. The van der Waals surface area contributed by atoms with Gasteiger partial charge < -0.3 is 5.32 Å². The van der Waals surface area contributed by atoms with Crippen LogP contribution in [0, 0.1) is 0 Å². The molecule has 0 amide bonds. The molecule has 3 nitrogen and oxygen atoms in total. The molecule has 1 aromatic heterocycles. The number of aromatic nitrogens is 2. The van der Waals surface area contributed by atoms with Gasteiger partial charge in [-0.15, -0.1) is 11.8 Å². The summed E-state index contributed by atoms with van der Waals surface area (Å²) in [6, 6.07) is 10.8. The van der Waals surface area contributed by atoms with Crippen LogP contribution in [0.3, 0.4) is 0 Å². The normalized spacial score (nSPS) is 12.6. The lowest BCUT2D eigenvalue weighted by atomic mass is 10.2. The van der Waals surface area contributed by atoms with E-state index in [2.05, 4.69) is 68.3 Å².